The van der Waals surface area contributed by atoms with Crippen molar-refractivity contribution in [1.82, 2.24) is 0 Å². The molecule has 1 saturated carbocycles. The number of benzene rings is 2. The van der Waals surface area contributed by atoms with Crippen molar-refractivity contribution in [1.29, 1.82) is 0 Å². The van der Waals surface area contributed by atoms with Crippen LogP contribution in [-0.2, 0) is 21.4 Å². The number of aliphatic carboxylic acids is 1. The van der Waals surface area contributed by atoms with Gasteiger partial charge in [-0.2, -0.15) is 0 Å². The van der Waals surface area contributed by atoms with Crippen LogP contribution in [-0.4, -0.2) is 23.6 Å². The van der Waals surface area contributed by atoms with Gasteiger partial charge in [-0.25, -0.2) is 0 Å². The molecule has 1 heterocycles. The summed E-state index contributed by atoms with van der Waals surface area (Å²) in [5.41, 5.74) is 2.45. The molecule has 0 saturated heterocycles. The number of hydrogen-bond acceptors (Lipinski definition) is 3. The van der Waals surface area contributed by atoms with Crippen LogP contribution in [0.2, 0.25) is 0 Å². The highest BCUT2D eigenvalue weighted by Gasteiger charge is 2.60. The minimum Gasteiger partial charge on any atom is -0.493 e. The second-order valence-electron chi connectivity index (χ2n) is 6.76. The fourth-order valence-corrected chi connectivity index (χ4v) is 3.81. The van der Waals surface area contributed by atoms with E-state index in [1.54, 1.807) is 24.3 Å². The third-order valence-electron chi connectivity index (χ3n) is 5.20. The number of fused-ring (bicyclic) bond motifs is 2. The highest BCUT2D eigenvalue weighted by molar-refractivity contribution is 5.96. The summed E-state index contributed by atoms with van der Waals surface area (Å²) in [5, 5.41) is 11.8. The summed E-state index contributed by atoms with van der Waals surface area (Å²) in [5.74, 6) is -0.00380. The molecule has 1 spiro atoms. The van der Waals surface area contributed by atoms with Gasteiger partial charge in [0.15, 0.2) is 0 Å². The normalized spacial score (nSPS) is 23.4. The Hall–Kier alpha value is -2.82. The van der Waals surface area contributed by atoms with Crippen molar-refractivity contribution in [2.75, 3.05) is 11.9 Å². The fraction of sp³-hybridized carbons (Fsp3) is 0.300. The van der Waals surface area contributed by atoms with Crippen LogP contribution in [0.5, 0.6) is 5.75 Å². The van der Waals surface area contributed by atoms with Crippen molar-refractivity contribution < 1.29 is 19.4 Å². The molecule has 5 nitrogen and oxygen atoms in total. The summed E-state index contributed by atoms with van der Waals surface area (Å²) in [6.45, 7) is 0.644. The third-order valence-corrected chi connectivity index (χ3v) is 5.20. The van der Waals surface area contributed by atoms with Crippen LogP contribution in [0, 0.1) is 5.92 Å². The summed E-state index contributed by atoms with van der Waals surface area (Å²) in [7, 11) is 0. The highest BCUT2D eigenvalue weighted by atomic mass is 16.5. The van der Waals surface area contributed by atoms with Crippen molar-refractivity contribution in [3.63, 3.8) is 0 Å². The number of carboxylic acids is 1. The zero-order valence-corrected chi connectivity index (χ0v) is 13.7. The molecule has 0 bridgehead atoms. The molecule has 25 heavy (non-hydrogen) atoms. The first kappa shape index (κ1) is 15.7. The first-order chi connectivity index (χ1) is 12.1. The Kier molecular flexibility index (Phi) is 3.71. The van der Waals surface area contributed by atoms with E-state index in [1.165, 1.54) is 0 Å². The third kappa shape index (κ3) is 2.86. The van der Waals surface area contributed by atoms with Gasteiger partial charge in [0.25, 0.3) is 0 Å². The van der Waals surface area contributed by atoms with Crippen LogP contribution < -0.4 is 10.1 Å². The average molecular weight is 337 g/mol. The zero-order chi connectivity index (χ0) is 17.4. The predicted octanol–water partition coefficient (Wildman–Crippen LogP) is 2.99. The van der Waals surface area contributed by atoms with Crippen molar-refractivity contribution in [2.45, 2.75) is 24.7 Å². The van der Waals surface area contributed by atoms with Crippen molar-refractivity contribution in [3.05, 3.63) is 59.7 Å². The standard InChI is InChI=1S/C20H19NO4/c22-18(23)11-13-5-7-14(8-6-13)21-19(24)16-12-20(16)9-10-25-17-4-2-1-3-15(17)20/h1-8,16H,9-12H2,(H,21,24)(H,22,23)/t16-,20-/m0/s1. The number of anilines is 1. The Morgan fingerprint density at radius 3 is 2.68 bits per heavy atom. The van der Waals surface area contributed by atoms with Crippen LogP contribution in [0.25, 0.3) is 0 Å². The molecular weight excluding hydrogens is 318 g/mol. The minimum absolute atomic E-state index is 0.0164. The van der Waals surface area contributed by atoms with Gasteiger partial charge in [0.1, 0.15) is 5.75 Å². The number of para-hydroxylation sites is 1. The smallest absolute Gasteiger partial charge is 0.307 e. The molecule has 2 N–H and O–H groups in total. The van der Waals surface area contributed by atoms with E-state index >= 15 is 0 Å². The van der Waals surface area contributed by atoms with E-state index in [2.05, 4.69) is 11.4 Å². The number of amides is 1. The van der Waals surface area contributed by atoms with Crippen LogP contribution in [0.4, 0.5) is 5.69 Å². The van der Waals surface area contributed by atoms with E-state index in [0.29, 0.717) is 17.9 Å². The second-order valence-corrected chi connectivity index (χ2v) is 6.76. The number of hydrogen-bond donors (Lipinski definition) is 2. The first-order valence-corrected chi connectivity index (χ1v) is 8.42. The molecule has 2 aromatic rings. The summed E-state index contributed by atoms with van der Waals surface area (Å²) in [6.07, 6.45) is 1.69. The molecule has 0 unspecified atom stereocenters. The summed E-state index contributed by atoms with van der Waals surface area (Å²) in [6, 6.07) is 14.9. The first-order valence-electron chi connectivity index (χ1n) is 8.42. The zero-order valence-electron chi connectivity index (χ0n) is 13.7. The van der Waals surface area contributed by atoms with Gasteiger partial charge in [0.2, 0.25) is 5.91 Å². The van der Waals surface area contributed by atoms with E-state index in [-0.39, 0.29) is 23.7 Å². The quantitative estimate of drug-likeness (QED) is 0.899. The predicted molar refractivity (Wildman–Crippen MR) is 92.8 cm³/mol. The monoisotopic (exact) mass is 337 g/mol. The maximum Gasteiger partial charge on any atom is 0.307 e. The molecule has 2 aliphatic rings. The molecule has 1 aliphatic carbocycles. The Bertz CT molecular complexity index is 830. The highest BCUT2D eigenvalue weighted by Crippen LogP contribution is 2.60. The lowest BCUT2D eigenvalue weighted by atomic mass is 9.87. The lowest BCUT2D eigenvalue weighted by molar-refractivity contribution is -0.136. The van der Waals surface area contributed by atoms with Gasteiger partial charge in [-0.05, 0) is 36.6 Å². The Morgan fingerprint density at radius 1 is 1.16 bits per heavy atom. The maximum absolute atomic E-state index is 12.7. The van der Waals surface area contributed by atoms with Crippen LogP contribution in [0.1, 0.15) is 24.0 Å². The van der Waals surface area contributed by atoms with Gasteiger partial charge in [-0.1, -0.05) is 30.3 Å². The largest absolute Gasteiger partial charge is 0.493 e. The van der Waals surface area contributed by atoms with Crippen molar-refractivity contribution in [2.24, 2.45) is 5.92 Å². The van der Waals surface area contributed by atoms with Gasteiger partial charge in [0, 0.05) is 22.6 Å². The number of carbonyl (C=O) groups excluding carboxylic acids is 1. The SMILES string of the molecule is O=C(O)Cc1ccc(NC(=O)[C@@H]2C[C@]23CCOc2ccccc23)cc1. The van der Waals surface area contributed by atoms with Crippen LogP contribution in [0.3, 0.4) is 0 Å². The van der Waals surface area contributed by atoms with Gasteiger partial charge in [-0.15, -0.1) is 0 Å². The Morgan fingerprint density at radius 2 is 1.92 bits per heavy atom. The molecule has 2 atom stereocenters. The minimum atomic E-state index is -0.866. The molecule has 1 amide bonds. The lowest BCUT2D eigenvalue weighted by Crippen LogP contribution is -2.26. The molecular formula is C20H19NO4. The van der Waals surface area contributed by atoms with E-state index in [4.69, 9.17) is 9.84 Å². The molecule has 4 rings (SSSR count). The number of nitrogens with one attached hydrogen (secondary N) is 1. The number of ether oxygens (including phenoxy) is 1. The fourth-order valence-electron chi connectivity index (χ4n) is 3.81. The second kappa shape index (κ2) is 5.92. The number of rotatable bonds is 4. The topological polar surface area (TPSA) is 75.6 Å². The molecule has 0 aromatic heterocycles. The van der Waals surface area contributed by atoms with E-state index < -0.39 is 5.97 Å². The average Bonchev–Trinajstić information content (AvgIpc) is 3.32. The van der Waals surface area contributed by atoms with Gasteiger partial charge in [0.05, 0.1) is 13.0 Å². The molecule has 2 aromatic carbocycles. The maximum atomic E-state index is 12.7. The Labute approximate surface area is 145 Å². The molecule has 1 aliphatic heterocycles. The lowest BCUT2D eigenvalue weighted by Gasteiger charge is -2.26. The van der Waals surface area contributed by atoms with Gasteiger partial charge >= 0.3 is 5.97 Å². The summed E-state index contributed by atoms with van der Waals surface area (Å²) >= 11 is 0. The molecule has 5 heteroatoms. The number of carbonyl (C=O) groups is 2. The van der Waals surface area contributed by atoms with Crippen molar-refractivity contribution >= 4 is 17.6 Å². The van der Waals surface area contributed by atoms with E-state index in [1.807, 2.05) is 18.2 Å². The molecule has 128 valence electrons. The van der Waals surface area contributed by atoms with Gasteiger partial charge in [-0.3, -0.25) is 9.59 Å². The molecule has 0 radical (unpaired) electrons. The van der Waals surface area contributed by atoms with E-state index in [0.717, 1.165) is 24.2 Å². The van der Waals surface area contributed by atoms with Crippen LogP contribution in [0.15, 0.2) is 48.5 Å². The summed E-state index contributed by atoms with van der Waals surface area (Å²) < 4.78 is 5.71. The number of carboxylic acid groups (broad SMARTS) is 1. The molecule has 1 fully saturated rings. The van der Waals surface area contributed by atoms with Crippen LogP contribution >= 0.6 is 0 Å². The van der Waals surface area contributed by atoms with E-state index in [9.17, 15) is 9.59 Å². The van der Waals surface area contributed by atoms with Gasteiger partial charge < -0.3 is 15.2 Å². The Balaban J connectivity index is 1.46. The summed E-state index contributed by atoms with van der Waals surface area (Å²) in [4.78, 5) is 23.4. The van der Waals surface area contributed by atoms with Crippen molar-refractivity contribution in [3.8, 4) is 5.75 Å².